The lowest BCUT2D eigenvalue weighted by Gasteiger charge is -2.27. The molecule has 33 heavy (non-hydrogen) atoms. The van der Waals surface area contributed by atoms with Crippen LogP contribution in [0.5, 0.6) is 0 Å². The van der Waals surface area contributed by atoms with Gasteiger partial charge in [-0.25, -0.2) is 15.0 Å². The van der Waals surface area contributed by atoms with Gasteiger partial charge in [-0.3, -0.25) is 4.99 Å². The highest BCUT2D eigenvalue weighted by Crippen LogP contribution is 2.38. The number of thiazole rings is 2. The SMILES string of the molecule is c1cc(-c2csc(NC3=NCCCN3)n2)nc(N2CCc3nc(C4CCCCC4)sc3C2)c1. The van der Waals surface area contributed by atoms with Crippen LogP contribution >= 0.6 is 22.7 Å². The topological polar surface area (TPSA) is 78.3 Å². The van der Waals surface area contributed by atoms with Gasteiger partial charge in [0.15, 0.2) is 11.1 Å². The minimum Gasteiger partial charge on any atom is -0.356 e. The van der Waals surface area contributed by atoms with Gasteiger partial charge >= 0.3 is 0 Å². The fourth-order valence-corrected chi connectivity index (χ4v) is 6.84. The Kier molecular flexibility index (Phi) is 5.98. The van der Waals surface area contributed by atoms with Crippen molar-refractivity contribution in [2.45, 2.75) is 57.4 Å². The average molecular weight is 480 g/mol. The van der Waals surface area contributed by atoms with Crippen molar-refractivity contribution >= 4 is 39.6 Å². The van der Waals surface area contributed by atoms with E-state index in [0.29, 0.717) is 5.92 Å². The van der Waals surface area contributed by atoms with Crippen LogP contribution in [0.4, 0.5) is 10.9 Å². The predicted molar refractivity (Wildman–Crippen MR) is 137 cm³/mol. The zero-order valence-corrected chi connectivity index (χ0v) is 20.4. The molecule has 0 unspecified atom stereocenters. The second-order valence-electron chi connectivity index (χ2n) is 8.98. The van der Waals surface area contributed by atoms with Crippen molar-refractivity contribution in [3.8, 4) is 11.4 Å². The Morgan fingerprint density at radius 1 is 1.03 bits per heavy atom. The monoisotopic (exact) mass is 479 g/mol. The summed E-state index contributed by atoms with van der Waals surface area (Å²) in [7, 11) is 0. The molecule has 0 bridgehead atoms. The van der Waals surface area contributed by atoms with Gasteiger partial charge in [-0.05, 0) is 31.4 Å². The molecule has 0 atom stereocenters. The molecule has 3 aromatic heterocycles. The van der Waals surface area contributed by atoms with E-state index in [-0.39, 0.29) is 0 Å². The number of aliphatic imine (C=N–C) groups is 1. The molecule has 5 heterocycles. The molecule has 0 spiro atoms. The first-order valence-corrected chi connectivity index (χ1v) is 13.7. The number of anilines is 2. The quantitative estimate of drug-likeness (QED) is 0.546. The Morgan fingerprint density at radius 3 is 2.85 bits per heavy atom. The lowest BCUT2D eigenvalue weighted by Crippen LogP contribution is -2.35. The summed E-state index contributed by atoms with van der Waals surface area (Å²) in [5.41, 5.74) is 3.13. The first kappa shape index (κ1) is 21.0. The first-order valence-electron chi connectivity index (χ1n) is 12.0. The van der Waals surface area contributed by atoms with Gasteiger partial charge in [0, 0.05) is 42.2 Å². The van der Waals surface area contributed by atoms with Crippen molar-refractivity contribution < 1.29 is 0 Å². The van der Waals surface area contributed by atoms with Crippen LogP contribution in [-0.4, -0.2) is 40.5 Å². The molecule has 2 aliphatic heterocycles. The third-order valence-electron chi connectivity index (χ3n) is 6.65. The number of fused-ring (bicyclic) bond motifs is 1. The molecule has 3 aliphatic rings. The molecule has 1 aliphatic carbocycles. The summed E-state index contributed by atoms with van der Waals surface area (Å²) in [4.78, 5) is 23.1. The van der Waals surface area contributed by atoms with E-state index < -0.39 is 0 Å². The summed E-state index contributed by atoms with van der Waals surface area (Å²) >= 11 is 3.53. The van der Waals surface area contributed by atoms with Crippen LogP contribution in [0.25, 0.3) is 11.4 Å². The van der Waals surface area contributed by atoms with Crippen LogP contribution in [0.1, 0.15) is 60.0 Å². The second-order valence-corrected chi connectivity index (χ2v) is 11.0. The molecule has 0 amide bonds. The third-order valence-corrected chi connectivity index (χ3v) is 8.65. The van der Waals surface area contributed by atoms with Gasteiger partial charge in [0.25, 0.3) is 0 Å². The van der Waals surface area contributed by atoms with Gasteiger partial charge in [-0.1, -0.05) is 25.3 Å². The highest BCUT2D eigenvalue weighted by Gasteiger charge is 2.26. The van der Waals surface area contributed by atoms with E-state index >= 15 is 0 Å². The van der Waals surface area contributed by atoms with Crippen molar-refractivity contribution in [1.29, 1.82) is 0 Å². The van der Waals surface area contributed by atoms with E-state index in [1.807, 2.05) is 17.4 Å². The molecule has 2 N–H and O–H groups in total. The summed E-state index contributed by atoms with van der Waals surface area (Å²) < 4.78 is 0. The van der Waals surface area contributed by atoms with E-state index in [9.17, 15) is 0 Å². The summed E-state index contributed by atoms with van der Waals surface area (Å²) in [6.07, 6.45) is 8.81. The normalized spacial score (nSPS) is 19.0. The molecule has 0 aromatic carbocycles. The van der Waals surface area contributed by atoms with Crippen LogP contribution in [0.3, 0.4) is 0 Å². The minimum absolute atomic E-state index is 0.687. The van der Waals surface area contributed by atoms with Crippen molar-refractivity contribution in [2.24, 2.45) is 4.99 Å². The number of guanidine groups is 1. The number of nitrogens with one attached hydrogen (secondary N) is 2. The summed E-state index contributed by atoms with van der Waals surface area (Å²) in [5, 5.41) is 10.8. The summed E-state index contributed by atoms with van der Waals surface area (Å²) in [5.74, 6) is 2.52. The van der Waals surface area contributed by atoms with E-state index in [0.717, 1.165) is 67.3 Å². The number of aromatic nitrogens is 3. The summed E-state index contributed by atoms with van der Waals surface area (Å²) in [6, 6.07) is 6.25. The molecule has 3 aromatic rings. The van der Waals surface area contributed by atoms with E-state index in [4.69, 9.17) is 15.0 Å². The molecule has 6 rings (SSSR count). The van der Waals surface area contributed by atoms with Gasteiger partial charge in [0.05, 0.1) is 22.9 Å². The smallest absolute Gasteiger partial charge is 0.197 e. The van der Waals surface area contributed by atoms with Crippen molar-refractivity contribution in [2.75, 3.05) is 29.9 Å². The largest absolute Gasteiger partial charge is 0.356 e. The molecule has 0 radical (unpaired) electrons. The zero-order chi connectivity index (χ0) is 22.0. The maximum atomic E-state index is 5.06. The summed E-state index contributed by atoms with van der Waals surface area (Å²) in [6.45, 7) is 3.68. The predicted octanol–water partition coefficient (Wildman–Crippen LogP) is 5.03. The van der Waals surface area contributed by atoms with Gasteiger partial charge in [-0.15, -0.1) is 22.7 Å². The number of hydrogen-bond acceptors (Lipinski definition) is 9. The van der Waals surface area contributed by atoms with Crippen LogP contribution in [0.2, 0.25) is 0 Å². The van der Waals surface area contributed by atoms with Gasteiger partial charge < -0.3 is 15.5 Å². The Morgan fingerprint density at radius 2 is 1.97 bits per heavy atom. The first-order chi connectivity index (χ1) is 16.3. The second kappa shape index (κ2) is 9.38. The highest BCUT2D eigenvalue weighted by molar-refractivity contribution is 7.14. The molecule has 1 saturated carbocycles. The minimum atomic E-state index is 0.687. The maximum Gasteiger partial charge on any atom is 0.197 e. The van der Waals surface area contributed by atoms with Gasteiger partial charge in [0.2, 0.25) is 0 Å². The Bertz CT molecular complexity index is 1150. The molecule has 0 saturated heterocycles. The van der Waals surface area contributed by atoms with Crippen LogP contribution in [0, 0.1) is 0 Å². The highest BCUT2D eigenvalue weighted by atomic mass is 32.1. The molecular weight excluding hydrogens is 450 g/mol. The van der Waals surface area contributed by atoms with E-state index in [2.05, 4.69) is 38.0 Å². The van der Waals surface area contributed by atoms with Crippen molar-refractivity contribution in [3.05, 3.63) is 39.2 Å². The molecule has 172 valence electrons. The maximum absolute atomic E-state index is 5.06. The Balaban J connectivity index is 1.17. The molecule has 1 fully saturated rings. The van der Waals surface area contributed by atoms with Crippen LogP contribution < -0.4 is 15.5 Å². The van der Waals surface area contributed by atoms with Gasteiger partial charge in [-0.2, -0.15) is 0 Å². The average Bonchev–Trinajstić information content (AvgIpc) is 3.52. The number of rotatable bonds is 4. The fraction of sp³-hybridized carbons (Fsp3) is 0.500. The molecule has 7 nitrogen and oxygen atoms in total. The van der Waals surface area contributed by atoms with Crippen molar-refractivity contribution in [3.63, 3.8) is 0 Å². The fourth-order valence-electron chi connectivity index (χ4n) is 4.84. The van der Waals surface area contributed by atoms with Crippen LogP contribution in [0.15, 0.2) is 28.6 Å². The third kappa shape index (κ3) is 4.61. The standard InChI is InChI=1S/C24H29N7S2/c1-2-6-16(7-3-1)22-28-18-10-13-31(14-20(18)33-22)21-9-4-8-17(27-21)19-15-32-24(29-19)30-23-25-11-5-12-26-23/h4,8-9,15-16H,1-3,5-7,10-14H2,(H2,25,26,29,30). The van der Waals surface area contributed by atoms with E-state index in [1.165, 1.54) is 47.7 Å². The zero-order valence-electron chi connectivity index (χ0n) is 18.7. The van der Waals surface area contributed by atoms with Crippen molar-refractivity contribution in [1.82, 2.24) is 20.3 Å². The number of nitrogens with zero attached hydrogens (tertiary/aromatic N) is 5. The lowest BCUT2D eigenvalue weighted by molar-refractivity contribution is 0.442. The molecular formula is C24H29N7S2. The Labute approximate surface area is 202 Å². The van der Waals surface area contributed by atoms with Crippen LogP contribution in [-0.2, 0) is 13.0 Å². The number of hydrogen-bond donors (Lipinski definition) is 2. The van der Waals surface area contributed by atoms with Gasteiger partial charge in [0.1, 0.15) is 11.5 Å². The Hall–Kier alpha value is -2.52. The number of pyridine rings is 1. The van der Waals surface area contributed by atoms with E-state index in [1.54, 1.807) is 11.3 Å². The lowest BCUT2D eigenvalue weighted by atomic mass is 9.90. The molecule has 9 heteroatoms.